The van der Waals surface area contributed by atoms with Gasteiger partial charge < -0.3 is 34.6 Å². The number of hydrogen-bond acceptors (Lipinski definition) is 16. The van der Waals surface area contributed by atoms with E-state index in [0.717, 1.165) is 27.4 Å². The van der Waals surface area contributed by atoms with E-state index in [9.17, 15) is 34.5 Å². The first-order chi connectivity index (χ1) is 32.6. The van der Waals surface area contributed by atoms with Gasteiger partial charge in [-0.15, -0.1) is 30.0 Å². The van der Waals surface area contributed by atoms with Gasteiger partial charge in [-0.1, -0.05) is 24.3 Å². The number of amides is 2. The molecule has 2 aromatic heterocycles. The van der Waals surface area contributed by atoms with Crippen LogP contribution in [0.25, 0.3) is 33.4 Å². The van der Waals surface area contributed by atoms with Crippen molar-refractivity contribution in [2.75, 3.05) is 50.0 Å². The molecule has 2 atom stereocenters. The molecule has 1 fully saturated rings. The molecule has 9 rings (SSSR count). The Balaban J connectivity index is 0.000000169. The molecule has 8 aromatic rings. The molecule has 1 aliphatic rings. The van der Waals surface area contributed by atoms with Gasteiger partial charge in [0.2, 0.25) is 12.2 Å². The largest absolute Gasteiger partial charge is 0.505 e. The number of phenols is 2. The number of aliphatic hydroxyl groups is 1. The van der Waals surface area contributed by atoms with E-state index in [0.29, 0.717) is 39.1 Å². The summed E-state index contributed by atoms with van der Waals surface area (Å²) in [5.74, 6) is -1.93. The second kappa shape index (κ2) is 20.1. The number of aliphatic imine (C=N–C) groups is 1. The number of rotatable bonds is 9. The van der Waals surface area contributed by atoms with Crippen molar-refractivity contribution in [1.82, 2.24) is 30.0 Å². The van der Waals surface area contributed by atoms with Gasteiger partial charge in [0, 0.05) is 50.7 Å². The number of esters is 1. The summed E-state index contributed by atoms with van der Waals surface area (Å²) >= 11 is 0. The Bertz CT molecular complexity index is 3130. The Morgan fingerprint density at radius 3 is 1.62 bits per heavy atom. The Labute approximate surface area is 389 Å². The molecule has 0 bridgehead atoms. The molecule has 3 heterocycles. The van der Waals surface area contributed by atoms with Gasteiger partial charge in [0.1, 0.15) is 39.2 Å². The summed E-state index contributed by atoms with van der Waals surface area (Å²) in [5.41, 5.74) is 7.98. The molecule has 1 aliphatic heterocycles. The minimum atomic E-state index is -1.58. The quantitative estimate of drug-likeness (QED) is 0.0746. The van der Waals surface area contributed by atoms with Crippen molar-refractivity contribution in [1.29, 1.82) is 0 Å². The molecule has 6 aromatic carbocycles. The van der Waals surface area contributed by atoms with Gasteiger partial charge in [0.05, 0.1) is 18.5 Å². The molecule has 2 unspecified atom stereocenters. The molecule has 0 aliphatic carbocycles. The van der Waals surface area contributed by atoms with Crippen LogP contribution < -0.4 is 14.7 Å². The number of benzene rings is 6. The standard InChI is InChI=1S/C24H21N5O4.C16H15N3O4.C9H10N2O/c1-14-12-17(21(30)20(13-14)29-25-18-6-4-5-7-19(18)26-29)22-23(31)28(24(32)33-22)16-10-8-15(9-11-16)27(2)3;1-9-7-10(15(21)16(22)23-2)14(20)13(8-9)19-17-11-5-3-4-6-12(11)18-19;1-11(2)9-5-3-8(4-6-9)10-7-12/h4-13,22,30H,1-3H3;3-8,15,20-21H,1-2H3;3-6H,1-2H3. The van der Waals surface area contributed by atoms with Gasteiger partial charge in [0.25, 0.3) is 5.91 Å². The Kier molecular flexibility index (Phi) is 13.9. The summed E-state index contributed by atoms with van der Waals surface area (Å²) in [6.45, 7) is 3.59. The van der Waals surface area contributed by atoms with Crippen molar-refractivity contribution >= 4 is 68.9 Å². The number of fused-ring (bicyclic) bond motifs is 2. The van der Waals surface area contributed by atoms with E-state index in [2.05, 4.69) is 30.1 Å². The van der Waals surface area contributed by atoms with Crippen LogP contribution in [-0.4, -0.2) is 105 Å². The fraction of sp³-hybridized carbons (Fsp3) is 0.184. The Hall–Kier alpha value is -8.93. The minimum absolute atomic E-state index is 0.0493. The second-order valence-electron chi connectivity index (χ2n) is 15.8. The normalized spacial score (nSPS) is 13.4. The van der Waals surface area contributed by atoms with Crippen LogP contribution in [0.1, 0.15) is 34.5 Å². The van der Waals surface area contributed by atoms with E-state index in [1.54, 1.807) is 73.7 Å². The van der Waals surface area contributed by atoms with E-state index < -0.39 is 30.2 Å². The average molecular weight is 919 g/mol. The molecule has 1 saturated heterocycles. The van der Waals surface area contributed by atoms with Crippen molar-refractivity contribution < 1.29 is 44.0 Å². The van der Waals surface area contributed by atoms with Crippen molar-refractivity contribution in [3.05, 3.63) is 144 Å². The SMILES string of the molecule is CN(C)c1ccc(N=C=O)cc1.COC(=O)C(O)c1cc(C)cc(-n2nc3ccccc3n2)c1O.Cc1cc(C2OC(=O)N(c3ccc(N(C)C)cc3)C2=O)c(O)c(-n2nc3ccccc3n2)c1. The smallest absolute Gasteiger partial charge is 0.422 e. The van der Waals surface area contributed by atoms with Gasteiger partial charge in [-0.25, -0.2) is 19.3 Å². The molecule has 0 spiro atoms. The van der Waals surface area contributed by atoms with E-state index in [1.165, 1.54) is 28.8 Å². The predicted molar refractivity (Wildman–Crippen MR) is 254 cm³/mol. The number of anilines is 3. The number of hydrogen-bond donors (Lipinski definition) is 3. The molecular weight excluding hydrogens is 873 g/mol. The highest BCUT2D eigenvalue weighted by Crippen LogP contribution is 2.39. The van der Waals surface area contributed by atoms with Crippen LogP contribution in [0.5, 0.6) is 11.5 Å². The van der Waals surface area contributed by atoms with Gasteiger partial charge >= 0.3 is 12.1 Å². The predicted octanol–water partition coefficient (Wildman–Crippen LogP) is 7.09. The molecule has 3 N–H and O–H groups in total. The van der Waals surface area contributed by atoms with Gasteiger partial charge in [-0.3, -0.25) is 4.79 Å². The molecule has 19 nitrogen and oxygen atoms in total. The fourth-order valence-corrected chi connectivity index (χ4v) is 7.08. The highest BCUT2D eigenvalue weighted by molar-refractivity contribution is 6.18. The molecule has 19 heteroatoms. The van der Waals surface area contributed by atoms with Crippen LogP contribution in [0.4, 0.5) is 27.5 Å². The Morgan fingerprint density at radius 2 is 1.16 bits per heavy atom. The zero-order chi connectivity index (χ0) is 48.8. The first-order valence-corrected chi connectivity index (χ1v) is 20.8. The summed E-state index contributed by atoms with van der Waals surface area (Å²) in [7, 11) is 8.88. The number of isocyanates is 1. The van der Waals surface area contributed by atoms with Crippen molar-refractivity contribution in [3.8, 4) is 22.9 Å². The van der Waals surface area contributed by atoms with E-state index in [-0.39, 0.29) is 28.3 Å². The van der Waals surface area contributed by atoms with Gasteiger partial charge in [-0.2, -0.15) is 4.99 Å². The lowest BCUT2D eigenvalue weighted by atomic mass is 10.0. The highest BCUT2D eigenvalue weighted by Gasteiger charge is 2.44. The minimum Gasteiger partial charge on any atom is -0.505 e. The summed E-state index contributed by atoms with van der Waals surface area (Å²) in [4.78, 5) is 58.2. The molecule has 2 amide bonds. The van der Waals surface area contributed by atoms with Gasteiger partial charge in [0.15, 0.2) is 11.9 Å². The lowest BCUT2D eigenvalue weighted by Crippen LogP contribution is -2.29. The number of aliphatic hydroxyl groups excluding tert-OH is 1. The average Bonchev–Trinajstić information content (AvgIpc) is 4.05. The number of ether oxygens (including phenoxy) is 2. The zero-order valence-corrected chi connectivity index (χ0v) is 38.0. The highest BCUT2D eigenvalue weighted by atomic mass is 16.6. The number of phenolic OH excluding ortho intramolecular Hbond substituents is 2. The number of carbonyl (C=O) groups excluding carboxylic acids is 4. The van der Waals surface area contributed by atoms with E-state index >= 15 is 0 Å². The number of aromatic hydroxyl groups is 2. The van der Waals surface area contributed by atoms with Crippen LogP contribution in [0.2, 0.25) is 0 Å². The van der Waals surface area contributed by atoms with Crippen LogP contribution in [0.15, 0.2) is 126 Å². The number of aryl methyl sites for hydroxylation is 2. The molecule has 68 heavy (non-hydrogen) atoms. The van der Waals surface area contributed by atoms with Crippen molar-refractivity contribution in [3.63, 3.8) is 0 Å². The maximum Gasteiger partial charge on any atom is 0.422 e. The first kappa shape index (κ1) is 47.0. The first-order valence-electron chi connectivity index (χ1n) is 20.8. The number of cyclic esters (lactones) is 1. The van der Waals surface area contributed by atoms with Crippen molar-refractivity contribution in [2.45, 2.75) is 26.1 Å². The molecule has 0 saturated carbocycles. The maximum absolute atomic E-state index is 13.2. The topological polar surface area (TPSA) is 231 Å². The lowest BCUT2D eigenvalue weighted by Gasteiger charge is -2.16. The third-order valence-electron chi connectivity index (χ3n) is 10.5. The van der Waals surface area contributed by atoms with E-state index in [1.807, 2.05) is 93.4 Å². The van der Waals surface area contributed by atoms with Crippen LogP contribution in [-0.2, 0) is 23.9 Å². The molecule has 0 radical (unpaired) electrons. The summed E-state index contributed by atoms with van der Waals surface area (Å²) < 4.78 is 9.92. The Morgan fingerprint density at radius 1 is 0.706 bits per heavy atom. The van der Waals surface area contributed by atoms with Crippen LogP contribution >= 0.6 is 0 Å². The summed E-state index contributed by atoms with van der Waals surface area (Å²) in [5, 5.41) is 48.9. The zero-order valence-electron chi connectivity index (χ0n) is 38.0. The fourth-order valence-electron chi connectivity index (χ4n) is 7.08. The van der Waals surface area contributed by atoms with Crippen molar-refractivity contribution in [2.24, 2.45) is 4.99 Å². The summed E-state index contributed by atoms with van der Waals surface area (Å²) in [6, 6.07) is 35.4. The van der Waals surface area contributed by atoms with Gasteiger partial charge in [-0.05, 0) is 122 Å². The number of nitrogens with zero attached hydrogens (tertiary/aromatic N) is 10. The monoisotopic (exact) mass is 918 g/mol. The number of aromatic nitrogens is 6. The van der Waals surface area contributed by atoms with Crippen LogP contribution in [0, 0.1) is 13.8 Å². The maximum atomic E-state index is 13.2. The molecular formula is C49H46N10O9. The second-order valence-corrected chi connectivity index (χ2v) is 15.8. The van der Waals surface area contributed by atoms with Crippen LogP contribution in [0.3, 0.4) is 0 Å². The third kappa shape index (κ3) is 9.98. The number of carbonyl (C=O) groups is 3. The number of methoxy groups -OCH3 is 1. The lowest BCUT2D eigenvalue weighted by molar-refractivity contribution is -0.150. The number of imide groups is 1. The molecule has 346 valence electrons. The summed E-state index contributed by atoms with van der Waals surface area (Å²) in [6.07, 6.45) is -2.17. The van der Waals surface area contributed by atoms with E-state index in [4.69, 9.17) is 4.74 Å². The third-order valence-corrected chi connectivity index (χ3v) is 10.5.